The zero-order valence-corrected chi connectivity index (χ0v) is 12.5. The number of nitrogens with two attached hydrogens (primary N) is 1. The molecule has 1 saturated heterocycles. The Morgan fingerprint density at radius 3 is 2.53 bits per heavy atom. The highest BCUT2D eigenvalue weighted by Crippen LogP contribution is 2.29. The molecule has 0 spiro atoms. The minimum absolute atomic E-state index is 0. The van der Waals surface area contributed by atoms with E-state index >= 15 is 0 Å². The number of rotatable bonds is 3. The topological polar surface area (TPSA) is 46.3 Å². The van der Waals surface area contributed by atoms with E-state index in [0.717, 1.165) is 25.1 Å². The van der Waals surface area contributed by atoms with Gasteiger partial charge in [-0.3, -0.25) is 4.79 Å². The standard InChI is InChI=1S/C15H22N2O.ClH/c1-15(2)8-9-17(11-15)14(18)13(16)10-12-6-4-3-5-7-12;/h3-7,13H,8-11,16H2,1-2H3;1H/t13-;/m0./s1. The highest BCUT2D eigenvalue weighted by Gasteiger charge is 2.33. The van der Waals surface area contributed by atoms with Crippen LogP contribution in [0.3, 0.4) is 0 Å². The van der Waals surface area contributed by atoms with Crippen molar-refractivity contribution in [1.82, 2.24) is 4.90 Å². The minimum atomic E-state index is -0.415. The van der Waals surface area contributed by atoms with Gasteiger partial charge in [-0.1, -0.05) is 44.2 Å². The zero-order valence-electron chi connectivity index (χ0n) is 11.6. The van der Waals surface area contributed by atoms with Crippen molar-refractivity contribution in [2.24, 2.45) is 11.1 Å². The second kappa shape index (κ2) is 6.40. The maximum absolute atomic E-state index is 12.2. The molecule has 1 aromatic carbocycles. The Labute approximate surface area is 121 Å². The fourth-order valence-corrected chi connectivity index (χ4v) is 2.49. The first-order valence-electron chi connectivity index (χ1n) is 6.56. The van der Waals surface area contributed by atoms with Crippen LogP contribution in [0.1, 0.15) is 25.8 Å². The van der Waals surface area contributed by atoms with Crippen molar-refractivity contribution in [3.8, 4) is 0 Å². The van der Waals surface area contributed by atoms with Gasteiger partial charge < -0.3 is 10.6 Å². The van der Waals surface area contributed by atoms with Gasteiger partial charge in [-0.25, -0.2) is 0 Å². The maximum Gasteiger partial charge on any atom is 0.239 e. The Morgan fingerprint density at radius 2 is 2.00 bits per heavy atom. The summed E-state index contributed by atoms with van der Waals surface area (Å²) >= 11 is 0. The number of hydrogen-bond donors (Lipinski definition) is 1. The van der Waals surface area contributed by atoms with Crippen molar-refractivity contribution in [1.29, 1.82) is 0 Å². The van der Waals surface area contributed by atoms with Crippen molar-refractivity contribution in [2.75, 3.05) is 13.1 Å². The Balaban J connectivity index is 0.00000180. The lowest BCUT2D eigenvalue weighted by Gasteiger charge is -2.23. The van der Waals surface area contributed by atoms with Crippen LogP contribution in [0.4, 0.5) is 0 Å². The van der Waals surface area contributed by atoms with Gasteiger partial charge in [0.05, 0.1) is 6.04 Å². The van der Waals surface area contributed by atoms with E-state index in [1.165, 1.54) is 0 Å². The normalized spacial score (nSPS) is 18.8. The van der Waals surface area contributed by atoms with Crippen LogP contribution in [-0.2, 0) is 11.2 Å². The van der Waals surface area contributed by atoms with Crippen molar-refractivity contribution in [2.45, 2.75) is 32.7 Å². The number of amides is 1. The van der Waals surface area contributed by atoms with Crippen molar-refractivity contribution in [3.05, 3.63) is 35.9 Å². The van der Waals surface area contributed by atoms with Crippen LogP contribution in [0.2, 0.25) is 0 Å². The van der Waals surface area contributed by atoms with Crippen LogP contribution in [0, 0.1) is 5.41 Å². The Morgan fingerprint density at radius 1 is 1.37 bits per heavy atom. The van der Waals surface area contributed by atoms with Crippen molar-refractivity contribution < 1.29 is 4.79 Å². The highest BCUT2D eigenvalue weighted by atomic mass is 35.5. The van der Waals surface area contributed by atoms with Crippen LogP contribution in [0.5, 0.6) is 0 Å². The minimum Gasteiger partial charge on any atom is -0.341 e. The van der Waals surface area contributed by atoms with Crippen LogP contribution < -0.4 is 5.73 Å². The summed E-state index contributed by atoms with van der Waals surface area (Å²) < 4.78 is 0. The molecule has 1 atom stereocenters. The molecule has 0 aromatic heterocycles. The summed E-state index contributed by atoms with van der Waals surface area (Å²) in [7, 11) is 0. The lowest BCUT2D eigenvalue weighted by Crippen LogP contribution is -2.44. The van der Waals surface area contributed by atoms with Gasteiger partial charge in [-0.15, -0.1) is 12.4 Å². The third kappa shape index (κ3) is 4.22. The number of nitrogens with zero attached hydrogens (tertiary/aromatic N) is 1. The number of benzene rings is 1. The molecule has 1 aromatic rings. The van der Waals surface area contributed by atoms with Crippen molar-refractivity contribution >= 4 is 18.3 Å². The molecule has 2 rings (SSSR count). The number of hydrogen-bond acceptors (Lipinski definition) is 2. The average Bonchev–Trinajstić information content (AvgIpc) is 2.70. The molecule has 0 radical (unpaired) electrons. The summed E-state index contributed by atoms with van der Waals surface area (Å²) in [5, 5.41) is 0. The van der Waals surface area contributed by atoms with Crippen LogP contribution in [0.25, 0.3) is 0 Å². The quantitative estimate of drug-likeness (QED) is 0.924. The highest BCUT2D eigenvalue weighted by molar-refractivity contribution is 5.85. The first-order valence-corrected chi connectivity index (χ1v) is 6.56. The average molecular weight is 283 g/mol. The lowest BCUT2D eigenvalue weighted by molar-refractivity contribution is -0.131. The Hall–Kier alpha value is -1.06. The molecule has 106 valence electrons. The smallest absolute Gasteiger partial charge is 0.239 e. The lowest BCUT2D eigenvalue weighted by atomic mass is 9.93. The molecule has 3 nitrogen and oxygen atoms in total. The van der Waals surface area contributed by atoms with Gasteiger partial charge in [-0.2, -0.15) is 0 Å². The molecule has 0 unspecified atom stereocenters. The molecule has 4 heteroatoms. The third-order valence-electron chi connectivity index (χ3n) is 3.60. The zero-order chi connectivity index (χ0) is 13.2. The maximum atomic E-state index is 12.2. The van der Waals surface area contributed by atoms with Gasteiger partial charge >= 0.3 is 0 Å². The summed E-state index contributed by atoms with van der Waals surface area (Å²) in [4.78, 5) is 14.1. The summed E-state index contributed by atoms with van der Waals surface area (Å²) in [6.45, 7) is 6.06. The van der Waals surface area contributed by atoms with E-state index in [4.69, 9.17) is 5.73 Å². The van der Waals surface area contributed by atoms with Crippen LogP contribution >= 0.6 is 12.4 Å². The molecule has 0 saturated carbocycles. The van der Waals surface area contributed by atoms with Gasteiger partial charge in [0.1, 0.15) is 0 Å². The van der Waals surface area contributed by atoms with Crippen LogP contribution in [0.15, 0.2) is 30.3 Å². The molecular weight excluding hydrogens is 260 g/mol. The summed E-state index contributed by atoms with van der Waals surface area (Å²) in [6.07, 6.45) is 1.69. The predicted molar refractivity (Wildman–Crippen MR) is 80.3 cm³/mol. The third-order valence-corrected chi connectivity index (χ3v) is 3.60. The number of halogens is 1. The van der Waals surface area contributed by atoms with Gasteiger partial charge in [0.25, 0.3) is 0 Å². The molecular formula is C15H23ClN2O. The molecule has 19 heavy (non-hydrogen) atoms. The molecule has 1 aliphatic heterocycles. The fraction of sp³-hybridized carbons (Fsp3) is 0.533. The van der Waals surface area contributed by atoms with Crippen LogP contribution in [-0.4, -0.2) is 29.9 Å². The van der Waals surface area contributed by atoms with Gasteiger partial charge in [0.2, 0.25) is 5.91 Å². The number of carbonyl (C=O) groups is 1. The molecule has 1 heterocycles. The molecule has 1 amide bonds. The Bertz CT molecular complexity index is 419. The monoisotopic (exact) mass is 282 g/mol. The Kier molecular flexibility index (Phi) is 5.39. The van der Waals surface area contributed by atoms with E-state index in [9.17, 15) is 4.79 Å². The van der Waals surface area contributed by atoms with E-state index in [0.29, 0.717) is 6.42 Å². The molecule has 0 bridgehead atoms. The summed E-state index contributed by atoms with van der Waals surface area (Å²) in [5.74, 6) is 0.0874. The largest absolute Gasteiger partial charge is 0.341 e. The molecule has 1 fully saturated rings. The summed E-state index contributed by atoms with van der Waals surface area (Å²) in [5.41, 5.74) is 7.39. The fourth-order valence-electron chi connectivity index (χ4n) is 2.49. The molecule has 1 aliphatic rings. The van der Waals surface area contributed by atoms with E-state index in [1.807, 2.05) is 35.2 Å². The van der Waals surface area contributed by atoms with E-state index in [2.05, 4.69) is 13.8 Å². The predicted octanol–water partition coefficient (Wildman–Crippen LogP) is 2.24. The SMILES string of the molecule is CC1(C)CCN(C(=O)[C@@H](N)Cc2ccccc2)C1.Cl. The van der Waals surface area contributed by atoms with E-state index in [1.54, 1.807) is 0 Å². The number of carbonyl (C=O) groups excluding carboxylic acids is 1. The van der Waals surface area contributed by atoms with Gasteiger partial charge in [-0.05, 0) is 23.8 Å². The van der Waals surface area contributed by atoms with E-state index in [-0.39, 0.29) is 23.7 Å². The second-order valence-corrected chi connectivity index (χ2v) is 5.97. The molecule has 0 aliphatic carbocycles. The first-order chi connectivity index (χ1) is 8.48. The van der Waals surface area contributed by atoms with E-state index < -0.39 is 6.04 Å². The summed E-state index contributed by atoms with van der Waals surface area (Å²) in [6, 6.07) is 9.54. The second-order valence-electron chi connectivity index (χ2n) is 5.97. The molecule has 2 N–H and O–H groups in total. The van der Waals surface area contributed by atoms with Gasteiger partial charge in [0.15, 0.2) is 0 Å². The van der Waals surface area contributed by atoms with Crippen molar-refractivity contribution in [3.63, 3.8) is 0 Å². The van der Waals surface area contributed by atoms with Gasteiger partial charge in [0, 0.05) is 13.1 Å². The number of likely N-dealkylation sites (tertiary alicyclic amines) is 1. The first kappa shape index (κ1) is 16.0.